The molecule has 4 heteroatoms. The molecule has 0 saturated carbocycles. The second-order valence-electron chi connectivity index (χ2n) is 3.63. The summed E-state index contributed by atoms with van der Waals surface area (Å²) in [6, 6.07) is 0.522. The Balaban J connectivity index is 1.92. The maximum Gasteiger partial charge on any atom is 0.236 e. The molecule has 0 aromatic heterocycles. The van der Waals surface area contributed by atoms with Crippen LogP contribution in [-0.2, 0) is 4.79 Å². The summed E-state index contributed by atoms with van der Waals surface area (Å²) in [4.78, 5) is 13.6. The third-order valence-corrected chi connectivity index (χ3v) is 3.90. The fourth-order valence-electron chi connectivity index (χ4n) is 1.98. The van der Waals surface area contributed by atoms with Crippen molar-refractivity contribution in [2.75, 3.05) is 31.1 Å². The molecule has 1 unspecified atom stereocenters. The quantitative estimate of drug-likeness (QED) is 0.661. The highest BCUT2D eigenvalue weighted by molar-refractivity contribution is 7.99. The van der Waals surface area contributed by atoms with Crippen LogP contribution in [0.5, 0.6) is 0 Å². The molecule has 1 N–H and O–H groups in total. The third kappa shape index (κ3) is 2.17. The minimum absolute atomic E-state index is 0.291. The molecular weight excluding hydrogens is 184 g/mol. The smallest absolute Gasteiger partial charge is 0.236 e. The Morgan fingerprint density at radius 3 is 3.15 bits per heavy atom. The second-order valence-corrected chi connectivity index (χ2v) is 4.78. The summed E-state index contributed by atoms with van der Waals surface area (Å²) >= 11 is 1.98. The highest BCUT2D eigenvalue weighted by atomic mass is 32.2. The summed E-state index contributed by atoms with van der Waals surface area (Å²) < 4.78 is 0. The van der Waals surface area contributed by atoms with E-state index in [1.165, 1.54) is 18.6 Å². The van der Waals surface area contributed by atoms with E-state index < -0.39 is 0 Å². The van der Waals surface area contributed by atoms with Gasteiger partial charge in [0.2, 0.25) is 5.91 Å². The summed E-state index contributed by atoms with van der Waals surface area (Å²) in [7, 11) is 0. The minimum atomic E-state index is 0.291. The van der Waals surface area contributed by atoms with Gasteiger partial charge in [-0.25, -0.2) is 0 Å². The van der Waals surface area contributed by atoms with Gasteiger partial charge in [-0.2, -0.15) is 11.8 Å². The molecular formula is C9H16N2OS. The van der Waals surface area contributed by atoms with Crippen LogP contribution in [-0.4, -0.2) is 48.0 Å². The average molecular weight is 200 g/mol. The summed E-state index contributed by atoms with van der Waals surface area (Å²) in [6.07, 6.45) is 2.48. The van der Waals surface area contributed by atoms with Crippen LogP contribution in [0.1, 0.15) is 12.8 Å². The van der Waals surface area contributed by atoms with E-state index in [1.54, 1.807) is 0 Å². The van der Waals surface area contributed by atoms with Crippen molar-refractivity contribution in [1.82, 2.24) is 10.2 Å². The number of thioether (sulfide) groups is 1. The Bertz CT molecular complexity index is 192. The van der Waals surface area contributed by atoms with Gasteiger partial charge in [-0.1, -0.05) is 0 Å². The third-order valence-electron chi connectivity index (χ3n) is 2.70. The molecule has 0 bridgehead atoms. The fraction of sp³-hybridized carbons (Fsp3) is 0.889. The molecule has 2 aliphatic rings. The van der Waals surface area contributed by atoms with E-state index in [-0.39, 0.29) is 0 Å². The van der Waals surface area contributed by atoms with Crippen LogP contribution in [0.25, 0.3) is 0 Å². The molecule has 1 amide bonds. The first kappa shape index (κ1) is 9.34. The molecule has 13 heavy (non-hydrogen) atoms. The van der Waals surface area contributed by atoms with Crippen molar-refractivity contribution in [3.63, 3.8) is 0 Å². The Hall–Kier alpha value is -0.220. The van der Waals surface area contributed by atoms with Crippen molar-refractivity contribution in [3.05, 3.63) is 0 Å². The Morgan fingerprint density at radius 2 is 2.46 bits per heavy atom. The van der Waals surface area contributed by atoms with Gasteiger partial charge in [0.1, 0.15) is 0 Å². The van der Waals surface area contributed by atoms with Gasteiger partial charge in [0.15, 0.2) is 0 Å². The number of piperazine rings is 1. The molecule has 2 fully saturated rings. The standard InChI is InChI=1S/C9H16N2OS/c12-9-6-10-3-4-11(9)8-2-1-5-13-7-8/h8,10H,1-7H2. The zero-order valence-corrected chi connectivity index (χ0v) is 8.61. The van der Waals surface area contributed by atoms with Crippen LogP contribution in [0.2, 0.25) is 0 Å². The largest absolute Gasteiger partial charge is 0.337 e. The zero-order chi connectivity index (χ0) is 9.10. The number of nitrogens with one attached hydrogen (secondary N) is 1. The lowest BCUT2D eigenvalue weighted by Crippen LogP contribution is -2.53. The minimum Gasteiger partial charge on any atom is -0.337 e. The van der Waals surface area contributed by atoms with E-state index in [0.717, 1.165) is 18.8 Å². The number of hydrogen-bond donors (Lipinski definition) is 1. The van der Waals surface area contributed by atoms with Gasteiger partial charge in [-0.05, 0) is 18.6 Å². The number of hydrogen-bond acceptors (Lipinski definition) is 3. The molecule has 1 atom stereocenters. The van der Waals surface area contributed by atoms with Crippen molar-refractivity contribution in [3.8, 4) is 0 Å². The molecule has 2 rings (SSSR count). The van der Waals surface area contributed by atoms with Crippen LogP contribution < -0.4 is 5.32 Å². The first-order valence-electron chi connectivity index (χ1n) is 4.96. The molecule has 74 valence electrons. The predicted octanol–water partition coefficient (Wildman–Crippen LogP) is 0.314. The van der Waals surface area contributed by atoms with Crippen LogP contribution in [0.3, 0.4) is 0 Å². The first-order valence-corrected chi connectivity index (χ1v) is 6.11. The van der Waals surface area contributed by atoms with E-state index in [9.17, 15) is 4.79 Å². The molecule has 2 saturated heterocycles. The molecule has 0 spiro atoms. The predicted molar refractivity (Wildman–Crippen MR) is 54.9 cm³/mol. The lowest BCUT2D eigenvalue weighted by atomic mass is 10.1. The van der Waals surface area contributed by atoms with Crippen molar-refractivity contribution in [2.45, 2.75) is 18.9 Å². The summed E-state index contributed by atoms with van der Waals surface area (Å²) in [6.45, 7) is 2.41. The van der Waals surface area contributed by atoms with Crippen LogP contribution in [0.15, 0.2) is 0 Å². The Morgan fingerprint density at radius 1 is 1.54 bits per heavy atom. The maximum absolute atomic E-state index is 11.5. The number of carbonyl (C=O) groups is 1. The Kier molecular flexibility index (Phi) is 3.11. The number of rotatable bonds is 1. The van der Waals surface area contributed by atoms with Gasteiger partial charge < -0.3 is 10.2 Å². The van der Waals surface area contributed by atoms with Gasteiger partial charge in [0.05, 0.1) is 6.54 Å². The fourth-order valence-corrected chi connectivity index (χ4v) is 3.13. The summed E-state index contributed by atoms with van der Waals surface area (Å²) in [5, 5.41) is 3.11. The molecule has 0 radical (unpaired) electrons. The second kappa shape index (κ2) is 4.33. The van der Waals surface area contributed by atoms with Gasteiger partial charge in [0.25, 0.3) is 0 Å². The van der Waals surface area contributed by atoms with Crippen LogP contribution in [0, 0.1) is 0 Å². The topological polar surface area (TPSA) is 32.3 Å². The van der Waals surface area contributed by atoms with Gasteiger partial charge >= 0.3 is 0 Å². The molecule has 3 nitrogen and oxygen atoms in total. The highest BCUT2D eigenvalue weighted by Crippen LogP contribution is 2.21. The van der Waals surface area contributed by atoms with Crippen molar-refractivity contribution in [2.24, 2.45) is 0 Å². The van der Waals surface area contributed by atoms with E-state index in [0.29, 0.717) is 18.5 Å². The maximum atomic E-state index is 11.5. The monoisotopic (exact) mass is 200 g/mol. The van der Waals surface area contributed by atoms with E-state index in [4.69, 9.17) is 0 Å². The van der Waals surface area contributed by atoms with Crippen molar-refractivity contribution in [1.29, 1.82) is 0 Å². The van der Waals surface area contributed by atoms with Crippen LogP contribution >= 0.6 is 11.8 Å². The lowest BCUT2D eigenvalue weighted by molar-refractivity contribution is -0.134. The molecule has 2 heterocycles. The highest BCUT2D eigenvalue weighted by Gasteiger charge is 2.26. The van der Waals surface area contributed by atoms with Crippen LogP contribution in [0.4, 0.5) is 0 Å². The number of amides is 1. The zero-order valence-electron chi connectivity index (χ0n) is 7.79. The number of nitrogens with zero attached hydrogens (tertiary/aromatic N) is 1. The van der Waals surface area contributed by atoms with E-state index >= 15 is 0 Å². The normalized spacial score (nSPS) is 30.6. The summed E-state index contributed by atoms with van der Waals surface area (Å²) in [5.74, 6) is 2.71. The van der Waals surface area contributed by atoms with E-state index in [1.807, 2.05) is 11.8 Å². The SMILES string of the molecule is O=C1CNCCN1C1CCCSC1. The first-order chi connectivity index (χ1) is 6.38. The van der Waals surface area contributed by atoms with Gasteiger partial charge in [0, 0.05) is 24.9 Å². The van der Waals surface area contributed by atoms with Gasteiger partial charge in [-0.15, -0.1) is 0 Å². The van der Waals surface area contributed by atoms with Gasteiger partial charge in [-0.3, -0.25) is 4.79 Å². The van der Waals surface area contributed by atoms with E-state index in [2.05, 4.69) is 10.2 Å². The lowest BCUT2D eigenvalue weighted by Gasteiger charge is -2.36. The van der Waals surface area contributed by atoms with Crippen molar-refractivity contribution < 1.29 is 4.79 Å². The Labute approximate surface area is 83.2 Å². The molecule has 0 aromatic carbocycles. The number of carbonyl (C=O) groups excluding carboxylic acids is 1. The van der Waals surface area contributed by atoms with Crippen molar-refractivity contribution >= 4 is 17.7 Å². The summed E-state index contributed by atoms with van der Waals surface area (Å²) in [5.41, 5.74) is 0. The molecule has 0 aromatic rings. The average Bonchev–Trinajstić information content (AvgIpc) is 2.20. The molecule has 0 aliphatic carbocycles. The molecule has 2 aliphatic heterocycles.